The summed E-state index contributed by atoms with van der Waals surface area (Å²) >= 11 is 0. The summed E-state index contributed by atoms with van der Waals surface area (Å²) in [5, 5.41) is 21.8. The van der Waals surface area contributed by atoms with Gasteiger partial charge in [0.25, 0.3) is 0 Å². The van der Waals surface area contributed by atoms with Crippen LogP contribution in [0.1, 0.15) is 187 Å². The molecule has 0 aromatic carbocycles. The lowest BCUT2D eigenvalue weighted by Crippen LogP contribution is -2.43. The van der Waals surface area contributed by atoms with Gasteiger partial charge in [0.15, 0.2) is 6.04 Å². The maximum atomic E-state index is 12.3. The van der Waals surface area contributed by atoms with Crippen LogP contribution in [0.5, 0.6) is 0 Å². The minimum atomic E-state index is -4.75. The molecule has 12 heteroatoms. The number of unbranched alkanes of at least 4 members (excludes halogenated alkanes) is 21. The first-order valence-electron chi connectivity index (χ1n) is 20.9. The summed E-state index contributed by atoms with van der Waals surface area (Å²) in [6, 6.07) is -1.55. The highest BCUT2D eigenvalue weighted by molar-refractivity contribution is 7.47. The van der Waals surface area contributed by atoms with E-state index in [9.17, 15) is 34.1 Å². The van der Waals surface area contributed by atoms with Crippen LogP contribution in [-0.2, 0) is 32.7 Å². The number of carboxylic acid groups (broad SMARTS) is 1. The number of rotatable bonds is 39. The number of phosphoric ester groups is 1. The summed E-state index contributed by atoms with van der Waals surface area (Å²) in [6.45, 7) is 2.55. The highest BCUT2D eigenvalue weighted by Crippen LogP contribution is 2.43. The van der Waals surface area contributed by atoms with Crippen LogP contribution in [0.2, 0.25) is 0 Å². The number of aliphatic hydroxyl groups is 1. The van der Waals surface area contributed by atoms with E-state index in [-0.39, 0.29) is 12.8 Å². The summed E-state index contributed by atoms with van der Waals surface area (Å²) in [6.07, 6.45) is 36.3. The van der Waals surface area contributed by atoms with Crippen molar-refractivity contribution >= 4 is 25.7 Å². The van der Waals surface area contributed by atoms with Crippen LogP contribution in [0, 0.1) is 0 Å². The molecule has 0 heterocycles. The third-order valence-electron chi connectivity index (χ3n) is 8.96. The van der Waals surface area contributed by atoms with Crippen LogP contribution in [0.4, 0.5) is 0 Å². The number of amides is 1. The van der Waals surface area contributed by atoms with E-state index in [0.29, 0.717) is 12.8 Å². The average molecular weight is 774 g/mol. The van der Waals surface area contributed by atoms with Gasteiger partial charge in [0.05, 0.1) is 13.2 Å². The molecule has 0 aromatic rings. The van der Waals surface area contributed by atoms with Crippen molar-refractivity contribution in [2.75, 3.05) is 19.8 Å². The SMILES string of the molecule is CCCCCC/C=C\CCCCCCCC(=O)NC(COP(=O)(O)OCC(O)COC(=O)CCCCCCC/C=C\CCCCCCCCC)C(=O)O. The van der Waals surface area contributed by atoms with Crippen LogP contribution in [-0.4, -0.2) is 64.9 Å². The van der Waals surface area contributed by atoms with Crippen molar-refractivity contribution in [1.82, 2.24) is 5.32 Å². The van der Waals surface area contributed by atoms with E-state index in [1.807, 2.05) is 0 Å². The summed E-state index contributed by atoms with van der Waals surface area (Å²) in [5.41, 5.74) is 0. The topological polar surface area (TPSA) is 169 Å². The molecule has 1 amide bonds. The zero-order chi connectivity index (χ0) is 39.3. The van der Waals surface area contributed by atoms with Gasteiger partial charge in [-0.1, -0.05) is 134 Å². The number of allylic oxidation sites excluding steroid dienone is 4. The van der Waals surface area contributed by atoms with Gasteiger partial charge in [-0.2, -0.15) is 0 Å². The van der Waals surface area contributed by atoms with Crippen molar-refractivity contribution in [2.24, 2.45) is 0 Å². The Morgan fingerprint density at radius 1 is 0.585 bits per heavy atom. The number of nitrogens with one attached hydrogen (secondary N) is 1. The van der Waals surface area contributed by atoms with Gasteiger partial charge >= 0.3 is 19.8 Å². The zero-order valence-corrected chi connectivity index (χ0v) is 34.2. The van der Waals surface area contributed by atoms with E-state index in [1.165, 1.54) is 70.6 Å². The fourth-order valence-corrected chi connectivity index (χ4v) is 6.43. The Kier molecular flexibility index (Phi) is 35.5. The van der Waals surface area contributed by atoms with Crippen LogP contribution >= 0.6 is 7.82 Å². The lowest BCUT2D eigenvalue weighted by molar-refractivity contribution is -0.147. The Labute approximate surface area is 321 Å². The Balaban J connectivity index is 3.93. The number of ether oxygens (including phenoxy) is 1. The Morgan fingerprint density at radius 3 is 1.45 bits per heavy atom. The van der Waals surface area contributed by atoms with Gasteiger partial charge in [0.1, 0.15) is 12.7 Å². The molecule has 3 atom stereocenters. The lowest BCUT2D eigenvalue weighted by atomic mass is 10.1. The fraction of sp³-hybridized carbons (Fsp3) is 0.829. The van der Waals surface area contributed by atoms with Gasteiger partial charge < -0.3 is 25.2 Å². The molecular weight excluding hydrogens is 697 g/mol. The van der Waals surface area contributed by atoms with Crippen molar-refractivity contribution in [2.45, 2.75) is 199 Å². The molecule has 0 aliphatic carbocycles. The first kappa shape index (κ1) is 51.0. The quantitative estimate of drug-likeness (QED) is 0.0204. The van der Waals surface area contributed by atoms with Crippen molar-refractivity contribution in [3.8, 4) is 0 Å². The van der Waals surface area contributed by atoms with E-state index < -0.39 is 57.6 Å². The molecule has 0 bridgehead atoms. The smallest absolute Gasteiger partial charge is 0.472 e. The maximum Gasteiger partial charge on any atom is 0.472 e. The second kappa shape index (κ2) is 36.9. The molecule has 0 spiro atoms. The predicted octanol–water partition coefficient (Wildman–Crippen LogP) is 10.3. The summed E-state index contributed by atoms with van der Waals surface area (Å²) in [4.78, 5) is 45.8. The lowest BCUT2D eigenvalue weighted by Gasteiger charge is -2.18. The molecule has 11 nitrogen and oxygen atoms in total. The summed E-state index contributed by atoms with van der Waals surface area (Å²) in [7, 11) is -4.75. The molecule has 0 aliphatic rings. The molecule has 0 fully saturated rings. The summed E-state index contributed by atoms with van der Waals surface area (Å²) in [5.74, 6) is -2.39. The van der Waals surface area contributed by atoms with Crippen molar-refractivity contribution < 1.29 is 47.8 Å². The molecule has 53 heavy (non-hydrogen) atoms. The van der Waals surface area contributed by atoms with Gasteiger partial charge in [0, 0.05) is 12.8 Å². The van der Waals surface area contributed by atoms with Crippen molar-refractivity contribution in [3.63, 3.8) is 0 Å². The van der Waals surface area contributed by atoms with Crippen molar-refractivity contribution in [3.05, 3.63) is 24.3 Å². The van der Waals surface area contributed by atoms with Gasteiger partial charge in [-0.15, -0.1) is 0 Å². The van der Waals surface area contributed by atoms with E-state index >= 15 is 0 Å². The number of carbonyl (C=O) groups excluding carboxylic acids is 2. The number of carbonyl (C=O) groups is 3. The first-order valence-corrected chi connectivity index (χ1v) is 22.4. The Bertz CT molecular complexity index is 1010. The molecule has 0 saturated carbocycles. The Hall–Kier alpha value is -2.04. The van der Waals surface area contributed by atoms with Gasteiger partial charge in [-0.05, 0) is 64.2 Å². The van der Waals surface area contributed by atoms with E-state index in [1.54, 1.807) is 0 Å². The second-order valence-electron chi connectivity index (χ2n) is 14.2. The van der Waals surface area contributed by atoms with E-state index in [0.717, 1.165) is 77.0 Å². The van der Waals surface area contributed by atoms with Crippen LogP contribution < -0.4 is 5.32 Å². The normalized spacial score (nSPS) is 14.0. The second-order valence-corrected chi connectivity index (χ2v) is 15.6. The molecule has 310 valence electrons. The number of hydrogen-bond donors (Lipinski definition) is 4. The fourth-order valence-electron chi connectivity index (χ4n) is 5.66. The standard InChI is InChI=1S/C41H76NO10P/c1-3-5-7-9-11-13-15-17-18-19-21-23-25-27-29-31-33-40(45)50-34-37(43)35-51-53(48,49)52-36-38(41(46)47)42-39(44)32-30-28-26-24-22-20-16-14-12-10-8-6-4-2/h14,16,18-19,37-38,43H,3-13,15,17,20-36H2,1-2H3,(H,42,44)(H,46,47)(H,48,49)/b16-14-,19-18-. The molecule has 4 N–H and O–H groups in total. The monoisotopic (exact) mass is 774 g/mol. The first-order chi connectivity index (χ1) is 25.6. The molecule has 0 rings (SSSR count). The van der Waals surface area contributed by atoms with E-state index in [2.05, 4.69) is 43.5 Å². The number of phosphoric acid groups is 1. The number of esters is 1. The average Bonchev–Trinajstić information content (AvgIpc) is 3.13. The molecule has 3 unspecified atom stereocenters. The largest absolute Gasteiger partial charge is 0.480 e. The van der Waals surface area contributed by atoms with Crippen LogP contribution in [0.25, 0.3) is 0 Å². The third-order valence-corrected chi connectivity index (χ3v) is 9.91. The molecular formula is C41H76NO10P. The minimum Gasteiger partial charge on any atom is -0.480 e. The zero-order valence-electron chi connectivity index (χ0n) is 33.3. The number of hydrogen-bond acceptors (Lipinski definition) is 8. The Morgan fingerprint density at radius 2 is 0.981 bits per heavy atom. The molecule has 0 saturated heterocycles. The van der Waals surface area contributed by atoms with Crippen LogP contribution in [0.3, 0.4) is 0 Å². The third kappa shape index (κ3) is 36.7. The number of aliphatic hydroxyl groups excluding tert-OH is 1. The van der Waals surface area contributed by atoms with Gasteiger partial charge in [0.2, 0.25) is 5.91 Å². The number of carboxylic acids is 1. The van der Waals surface area contributed by atoms with Crippen molar-refractivity contribution in [1.29, 1.82) is 0 Å². The van der Waals surface area contributed by atoms with E-state index in [4.69, 9.17) is 13.8 Å². The van der Waals surface area contributed by atoms with Gasteiger partial charge in [-0.3, -0.25) is 18.6 Å². The molecule has 0 aromatic heterocycles. The number of aliphatic carboxylic acids is 1. The summed E-state index contributed by atoms with van der Waals surface area (Å²) < 4.78 is 26.8. The minimum absolute atomic E-state index is 0.136. The maximum absolute atomic E-state index is 12.3. The highest BCUT2D eigenvalue weighted by Gasteiger charge is 2.28. The molecule has 0 aliphatic heterocycles. The van der Waals surface area contributed by atoms with Crippen LogP contribution in [0.15, 0.2) is 24.3 Å². The predicted molar refractivity (Wildman–Crippen MR) is 213 cm³/mol. The van der Waals surface area contributed by atoms with Gasteiger partial charge in [-0.25, -0.2) is 9.36 Å². The molecule has 0 radical (unpaired) electrons. The highest BCUT2D eigenvalue weighted by atomic mass is 31.2.